The van der Waals surface area contributed by atoms with Gasteiger partial charge in [0.05, 0.1) is 24.3 Å². The molecule has 8 rings (SSSR count). The number of pyridine rings is 1. The van der Waals surface area contributed by atoms with Crippen LogP contribution >= 0.6 is 0 Å². The third-order valence-electron chi connectivity index (χ3n) is 10.3. The first-order chi connectivity index (χ1) is 27.5. The molecule has 6 heterocycles. The van der Waals surface area contributed by atoms with Crippen molar-refractivity contribution < 1.29 is 27.1 Å². The van der Waals surface area contributed by atoms with Crippen LogP contribution in [-0.2, 0) is 11.2 Å². The van der Waals surface area contributed by atoms with Crippen molar-refractivity contribution in [1.29, 1.82) is 5.26 Å². The summed E-state index contributed by atoms with van der Waals surface area (Å²) in [5.74, 6) is -1.86. The first-order valence-corrected chi connectivity index (χ1v) is 19.0. The molecule has 2 atom stereocenters. The molecule has 57 heavy (non-hydrogen) atoms. The number of halogens is 4. The van der Waals surface area contributed by atoms with Gasteiger partial charge in [0.25, 0.3) is 5.91 Å². The summed E-state index contributed by atoms with van der Waals surface area (Å²) in [7, 11) is 1.39. The maximum atomic E-state index is 16.3. The second-order valence-electron chi connectivity index (χ2n) is 14.1. The van der Waals surface area contributed by atoms with Crippen LogP contribution in [0.3, 0.4) is 0 Å². The molecule has 0 saturated carbocycles. The normalized spacial score (nSPS) is 18.1. The summed E-state index contributed by atoms with van der Waals surface area (Å²) in [6.07, 6.45) is 5.84. The van der Waals surface area contributed by atoms with Gasteiger partial charge in [0.2, 0.25) is 0 Å². The number of rotatable bonds is 6. The minimum Gasteiger partial charge on any atom is -0.467 e. The highest BCUT2D eigenvalue weighted by atomic mass is 19.1. The van der Waals surface area contributed by atoms with Gasteiger partial charge in [-0.2, -0.15) is 15.2 Å². The van der Waals surface area contributed by atoms with Crippen LogP contribution in [0.15, 0.2) is 48.4 Å². The molecule has 5 aromatic rings. The molecule has 0 bridgehead atoms. The number of aromatic nitrogens is 5. The number of benzene rings is 2. The molecule has 0 radical (unpaired) electrons. The van der Waals surface area contributed by atoms with Gasteiger partial charge in [-0.1, -0.05) is 31.2 Å². The standard InChI is InChI=1S/C33H30F3N7O2.C7H12FN.C2H3N/c1-5-22-25(34)10-9-20-7-6-8-23(27(20)22)29-28(36)30-24(17-37-29)31(41-33(40-30)45-4)42-11-13-43(14-12-42)32(44)26(35)16-21-15-18(2)38-19(3)39-21;8-6-4-7-2-1-3-9(7)5-6;1-2-3/h6-10,15-17H,5,11-14H2,1-4H3;6-7H,1-5H2;1H3/b26-16-;;. The lowest BCUT2D eigenvalue weighted by Gasteiger charge is -2.35. The predicted octanol–water partition coefficient (Wildman–Crippen LogP) is 7.48. The van der Waals surface area contributed by atoms with Crippen molar-refractivity contribution in [1.82, 2.24) is 34.7 Å². The van der Waals surface area contributed by atoms with Crippen molar-refractivity contribution in [2.24, 2.45) is 0 Å². The first kappa shape index (κ1) is 40.9. The quantitative estimate of drug-likeness (QED) is 0.127. The van der Waals surface area contributed by atoms with E-state index < -0.39 is 23.7 Å². The molecule has 11 nitrogen and oxygen atoms in total. The SMILES string of the molecule is CC#N.CCc1c(F)ccc2cccc(-c3ncc4c(N5CCN(C(=O)/C(F)=C/c6cc(C)nc(C)n6)CC5)nc(OC)nc4c3F)c12.FC1CC2CCCN2C1. The number of piperazine rings is 1. The van der Waals surface area contributed by atoms with E-state index in [0.717, 1.165) is 24.4 Å². The summed E-state index contributed by atoms with van der Waals surface area (Å²) < 4.78 is 64.0. The van der Waals surface area contributed by atoms with Crippen LogP contribution in [0, 0.1) is 36.8 Å². The van der Waals surface area contributed by atoms with Crippen LogP contribution < -0.4 is 9.64 Å². The van der Waals surface area contributed by atoms with E-state index in [-0.39, 0.29) is 36.1 Å². The molecule has 3 fully saturated rings. The summed E-state index contributed by atoms with van der Waals surface area (Å²) in [6, 6.07) is 12.3. The van der Waals surface area contributed by atoms with Crippen LogP contribution in [0.4, 0.5) is 23.4 Å². The topological polar surface area (TPSA) is 124 Å². The van der Waals surface area contributed by atoms with Crippen molar-refractivity contribution in [3.8, 4) is 23.3 Å². The van der Waals surface area contributed by atoms with E-state index in [1.54, 1.807) is 44.2 Å². The Morgan fingerprint density at radius 3 is 2.49 bits per heavy atom. The molecule has 0 N–H and O–H groups in total. The Hall–Kier alpha value is -5.75. The van der Waals surface area contributed by atoms with Crippen molar-refractivity contribution in [2.45, 2.75) is 65.6 Å². The molecule has 2 aromatic carbocycles. The third kappa shape index (κ3) is 8.96. The second kappa shape index (κ2) is 18.0. The number of anilines is 1. The number of alkyl halides is 1. The number of methoxy groups -OCH3 is 1. The van der Waals surface area contributed by atoms with Gasteiger partial charge in [-0.05, 0) is 74.5 Å². The zero-order chi connectivity index (χ0) is 40.8. The largest absolute Gasteiger partial charge is 0.467 e. The van der Waals surface area contributed by atoms with Gasteiger partial charge in [0.1, 0.15) is 34.8 Å². The highest BCUT2D eigenvalue weighted by Gasteiger charge is 2.35. The van der Waals surface area contributed by atoms with E-state index in [4.69, 9.17) is 10.00 Å². The maximum Gasteiger partial charge on any atom is 0.318 e. The number of carbonyl (C=O) groups is 1. The number of carbonyl (C=O) groups excluding carboxylic acids is 1. The van der Waals surface area contributed by atoms with E-state index in [2.05, 4.69) is 29.8 Å². The Morgan fingerprint density at radius 2 is 1.81 bits per heavy atom. The lowest BCUT2D eigenvalue weighted by atomic mass is 9.95. The zero-order valence-electron chi connectivity index (χ0n) is 32.7. The van der Waals surface area contributed by atoms with E-state index in [1.165, 1.54) is 44.0 Å². The number of nitrogens with zero attached hydrogens (tertiary/aromatic N) is 9. The van der Waals surface area contributed by atoms with Crippen molar-refractivity contribution in [2.75, 3.05) is 51.3 Å². The van der Waals surface area contributed by atoms with Crippen LogP contribution in [0.2, 0.25) is 0 Å². The third-order valence-corrected chi connectivity index (χ3v) is 10.3. The molecule has 0 spiro atoms. The van der Waals surface area contributed by atoms with Gasteiger partial charge in [0.15, 0.2) is 11.6 Å². The number of amides is 1. The number of hydrogen-bond donors (Lipinski definition) is 0. The van der Waals surface area contributed by atoms with Crippen molar-refractivity contribution in [3.63, 3.8) is 0 Å². The fourth-order valence-electron chi connectivity index (χ4n) is 7.82. The highest BCUT2D eigenvalue weighted by molar-refractivity contribution is 6.01. The van der Waals surface area contributed by atoms with Crippen LogP contribution in [0.25, 0.3) is 39.0 Å². The molecule has 1 amide bonds. The molecule has 298 valence electrons. The summed E-state index contributed by atoms with van der Waals surface area (Å²) in [4.78, 5) is 40.1. The zero-order valence-corrected chi connectivity index (χ0v) is 32.7. The summed E-state index contributed by atoms with van der Waals surface area (Å²) in [5.41, 5.74) is 1.95. The van der Waals surface area contributed by atoms with E-state index in [1.807, 2.05) is 17.9 Å². The fourth-order valence-corrected chi connectivity index (χ4v) is 7.82. The van der Waals surface area contributed by atoms with Crippen molar-refractivity contribution in [3.05, 3.63) is 82.8 Å². The lowest BCUT2D eigenvalue weighted by Crippen LogP contribution is -2.49. The Bertz CT molecular complexity index is 2310. The Balaban J connectivity index is 0.000000391. The molecule has 0 aliphatic carbocycles. The molecule has 3 aliphatic rings. The average Bonchev–Trinajstić information content (AvgIpc) is 3.78. The number of ether oxygens (including phenoxy) is 1. The summed E-state index contributed by atoms with van der Waals surface area (Å²) in [6.45, 7) is 9.60. The molecule has 2 unspecified atom stereocenters. The highest BCUT2D eigenvalue weighted by Crippen LogP contribution is 2.37. The molecule has 15 heteroatoms. The first-order valence-electron chi connectivity index (χ1n) is 19.0. The van der Waals surface area contributed by atoms with Crippen LogP contribution in [0.1, 0.15) is 55.9 Å². The molecular formula is C42H45F4N9O2. The molecule has 3 saturated heterocycles. The van der Waals surface area contributed by atoms with Gasteiger partial charge in [-0.25, -0.2) is 27.5 Å². The predicted molar refractivity (Wildman–Crippen MR) is 211 cm³/mol. The Morgan fingerprint density at radius 1 is 1.05 bits per heavy atom. The monoisotopic (exact) mass is 783 g/mol. The second-order valence-corrected chi connectivity index (χ2v) is 14.1. The summed E-state index contributed by atoms with van der Waals surface area (Å²) >= 11 is 0. The van der Waals surface area contributed by atoms with Gasteiger partial charge >= 0.3 is 6.01 Å². The minimum atomic E-state index is -0.923. The number of aryl methyl sites for hydroxylation is 3. The van der Waals surface area contributed by atoms with Crippen LogP contribution in [-0.4, -0.2) is 99.2 Å². The summed E-state index contributed by atoms with van der Waals surface area (Å²) in [5, 5.41) is 9.03. The van der Waals surface area contributed by atoms with E-state index >= 15 is 4.39 Å². The maximum absolute atomic E-state index is 16.3. The molecule has 3 aliphatic heterocycles. The van der Waals surface area contributed by atoms with Gasteiger partial charge in [0, 0.05) is 69.2 Å². The molecule has 3 aromatic heterocycles. The fraction of sp³-hybridized carbons (Fsp3) is 0.405. The molecular weight excluding hydrogens is 739 g/mol. The lowest BCUT2D eigenvalue weighted by molar-refractivity contribution is -0.128. The number of hydrogen-bond acceptors (Lipinski definition) is 10. The van der Waals surface area contributed by atoms with Crippen molar-refractivity contribution >= 4 is 39.5 Å². The Labute approximate surface area is 329 Å². The average molecular weight is 784 g/mol. The van der Waals surface area contributed by atoms with Gasteiger partial charge in [-0.3, -0.25) is 14.7 Å². The van der Waals surface area contributed by atoms with E-state index in [9.17, 15) is 18.0 Å². The van der Waals surface area contributed by atoms with Gasteiger partial charge in [-0.15, -0.1) is 0 Å². The smallest absolute Gasteiger partial charge is 0.318 e. The van der Waals surface area contributed by atoms with E-state index in [0.29, 0.717) is 77.0 Å². The number of nitriles is 1. The van der Waals surface area contributed by atoms with Gasteiger partial charge < -0.3 is 14.5 Å². The number of fused-ring (bicyclic) bond motifs is 3. The Kier molecular flexibility index (Phi) is 12.9. The van der Waals surface area contributed by atoms with Crippen LogP contribution in [0.5, 0.6) is 6.01 Å². The minimum absolute atomic E-state index is 0.00349.